The largest absolute Gasteiger partial charge is 0.393 e. The number of carbonyl (C=O) groups excluding carboxylic acids is 1. The van der Waals surface area contributed by atoms with E-state index in [1.54, 1.807) is 24.3 Å². The summed E-state index contributed by atoms with van der Waals surface area (Å²) in [7, 11) is 0. The highest BCUT2D eigenvalue weighted by molar-refractivity contribution is 6.04. The van der Waals surface area contributed by atoms with E-state index in [1.807, 2.05) is 24.3 Å². The summed E-state index contributed by atoms with van der Waals surface area (Å²) >= 11 is 0. The van der Waals surface area contributed by atoms with Gasteiger partial charge in [-0.1, -0.05) is 12.1 Å². The van der Waals surface area contributed by atoms with E-state index in [-0.39, 0.29) is 18.6 Å². The quantitative estimate of drug-likeness (QED) is 0.807. The molecule has 0 aromatic heterocycles. The van der Waals surface area contributed by atoms with Gasteiger partial charge in [-0.15, -0.1) is 0 Å². The molecule has 0 bridgehead atoms. The molecule has 0 saturated carbocycles. The van der Waals surface area contributed by atoms with Crippen LogP contribution in [-0.4, -0.2) is 35.3 Å². The highest BCUT2D eigenvalue weighted by Gasteiger charge is 2.17. The molecule has 3 rings (SSSR count). The van der Waals surface area contributed by atoms with E-state index >= 15 is 0 Å². The fourth-order valence-corrected chi connectivity index (χ4v) is 2.90. The molecule has 5 heteroatoms. The molecule has 2 aromatic carbocycles. The van der Waals surface area contributed by atoms with Crippen LogP contribution in [0.2, 0.25) is 0 Å². The summed E-state index contributed by atoms with van der Waals surface area (Å²) in [5.74, 6) is -0.175. The topological polar surface area (TPSA) is 72.8 Å². The Morgan fingerprint density at radius 1 is 1.12 bits per heavy atom. The van der Waals surface area contributed by atoms with Crippen LogP contribution in [0.4, 0.5) is 11.4 Å². The normalized spacial score (nSPS) is 15.3. The number of amides is 1. The molecule has 1 aliphatic rings. The van der Waals surface area contributed by atoms with Crippen LogP contribution < -0.4 is 10.2 Å². The summed E-state index contributed by atoms with van der Waals surface area (Å²) in [6.07, 6.45) is 1.37. The molecular weight excluding hydrogens is 304 g/mol. The number of anilines is 2. The van der Waals surface area contributed by atoms with Gasteiger partial charge in [0.05, 0.1) is 12.7 Å². The molecule has 1 aliphatic heterocycles. The van der Waals surface area contributed by atoms with E-state index in [0.29, 0.717) is 11.3 Å². The Balaban J connectivity index is 1.65. The second-order valence-electron chi connectivity index (χ2n) is 6.08. The zero-order valence-electron chi connectivity index (χ0n) is 13.5. The van der Waals surface area contributed by atoms with Crippen molar-refractivity contribution in [2.75, 3.05) is 23.3 Å². The zero-order valence-corrected chi connectivity index (χ0v) is 13.5. The van der Waals surface area contributed by atoms with Crippen molar-refractivity contribution in [1.82, 2.24) is 0 Å². The molecule has 1 saturated heterocycles. The first kappa shape index (κ1) is 16.5. The molecule has 24 heavy (non-hydrogen) atoms. The number of benzene rings is 2. The number of piperidine rings is 1. The van der Waals surface area contributed by atoms with Crippen LogP contribution in [0.3, 0.4) is 0 Å². The molecule has 0 spiro atoms. The van der Waals surface area contributed by atoms with Gasteiger partial charge in [-0.2, -0.15) is 0 Å². The lowest BCUT2D eigenvalue weighted by atomic mass is 10.1. The molecule has 126 valence electrons. The van der Waals surface area contributed by atoms with Gasteiger partial charge in [0.25, 0.3) is 5.91 Å². The predicted molar refractivity (Wildman–Crippen MR) is 94.2 cm³/mol. The Morgan fingerprint density at radius 3 is 2.50 bits per heavy atom. The number of hydrogen-bond acceptors (Lipinski definition) is 4. The van der Waals surface area contributed by atoms with Crippen molar-refractivity contribution in [1.29, 1.82) is 0 Å². The van der Waals surface area contributed by atoms with Crippen molar-refractivity contribution in [3.8, 4) is 0 Å². The lowest BCUT2D eigenvalue weighted by molar-refractivity contribution is 0.102. The fourth-order valence-electron chi connectivity index (χ4n) is 2.90. The number of nitrogens with zero attached hydrogens (tertiary/aromatic N) is 1. The second kappa shape index (κ2) is 7.47. The number of aliphatic hydroxyl groups is 2. The van der Waals surface area contributed by atoms with Crippen LogP contribution in [0.1, 0.15) is 28.8 Å². The molecule has 0 unspecified atom stereocenters. The van der Waals surface area contributed by atoms with E-state index < -0.39 is 0 Å². The molecule has 1 fully saturated rings. The first-order valence-corrected chi connectivity index (χ1v) is 8.20. The number of aliphatic hydroxyl groups excluding tert-OH is 2. The third kappa shape index (κ3) is 3.93. The Bertz CT molecular complexity index is 692. The smallest absolute Gasteiger partial charge is 0.255 e. The van der Waals surface area contributed by atoms with Gasteiger partial charge in [-0.3, -0.25) is 4.79 Å². The first-order valence-electron chi connectivity index (χ1n) is 8.20. The maximum Gasteiger partial charge on any atom is 0.255 e. The molecule has 2 aromatic rings. The molecule has 0 radical (unpaired) electrons. The van der Waals surface area contributed by atoms with E-state index in [2.05, 4.69) is 10.2 Å². The summed E-state index contributed by atoms with van der Waals surface area (Å²) in [6.45, 7) is 1.62. The van der Waals surface area contributed by atoms with Crippen LogP contribution >= 0.6 is 0 Å². The zero-order chi connectivity index (χ0) is 16.9. The van der Waals surface area contributed by atoms with Crippen molar-refractivity contribution in [3.63, 3.8) is 0 Å². The molecule has 1 heterocycles. The maximum absolute atomic E-state index is 12.3. The predicted octanol–water partition coefficient (Wildman–Crippen LogP) is 2.39. The summed E-state index contributed by atoms with van der Waals surface area (Å²) in [6, 6.07) is 14.7. The van der Waals surface area contributed by atoms with Crippen molar-refractivity contribution >= 4 is 17.3 Å². The van der Waals surface area contributed by atoms with Crippen molar-refractivity contribution in [2.24, 2.45) is 0 Å². The highest BCUT2D eigenvalue weighted by Crippen LogP contribution is 2.21. The Hall–Kier alpha value is -2.37. The minimum Gasteiger partial charge on any atom is -0.393 e. The lowest BCUT2D eigenvalue weighted by Crippen LogP contribution is -2.35. The summed E-state index contributed by atoms with van der Waals surface area (Å²) in [4.78, 5) is 14.5. The van der Waals surface area contributed by atoms with E-state index in [4.69, 9.17) is 5.11 Å². The number of rotatable bonds is 4. The Kier molecular flexibility index (Phi) is 5.13. The standard InChI is InChI=1S/C19H22N2O3/c22-13-14-2-1-3-16(12-14)20-19(24)15-4-6-17(7-5-15)21-10-8-18(23)9-11-21/h1-7,12,18,22-23H,8-11,13H2,(H,20,24). The number of carbonyl (C=O) groups is 1. The van der Waals surface area contributed by atoms with Crippen molar-refractivity contribution < 1.29 is 15.0 Å². The van der Waals surface area contributed by atoms with Crippen molar-refractivity contribution in [3.05, 3.63) is 59.7 Å². The maximum atomic E-state index is 12.3. The van der Waals surface area contributed by atoms with E-state index in [9.17, 15) is 9.90 Å². The van der Waals surface area contributed by atoms with Gasteiger partial charge in [0, 0.05) is 30.0 Å². The minimum atomic E-state index is -0.194. The minimum absolute atomic E-state index is 0.0526. The van der Waals surface area contributed by atoms with E-state index in [1.165, 1.54) is 0 Å². The van der Waals surface area contributed by atoms with Gasteiger partial charge in [-0.05, 0) is 54.8 Å². The van der Waals surface area contributed by atoms with Crippen LogP contribution in [-0.2, 0) is 6.61 Å². The second-order valence-corrected chi connectivity index (χ2v) is 6.08. The molecule has 0 aliphatic carbocycles. The van der Waals surface area contributed by atoms with Crippen LogP contribution in [0.5, 0.6) is 0 Å². The third-order valence-electron chi connectivity index (χ3n) is 4.33. The summed E-state index contributed by atoms with van der Waals surface area (Å²) in [5.41, 5.74) is 3.09. The molecule has 1 amide bonds. The Labute approximate surface area is 141 Å². The Morgan fingerprint density at radius 2 is 1.83 bits per heavy atom. The molecule has 5 nitrogen and oxygen atoms in total. The van der Waals surface area contributed by atoms with Gasteiger partial charge in [0.2, 0.25) is 0 Å². The van der Waals surface area contributed by atoms with Crippen LogP contribution in [0.25, 0.3) is 0 Å². The highest BCUT2D eigenvalue weighted by atomic mass is 16.3. The molecular formula is C19H22N2O3. The van der Waals surface area contributed by atoms with Gasteiger partial charge in [-0.25, -0.2) is 0 Å². The third-order valence-corrected chi connectivity index (χ3v) is 4.33. The SMILES string of the molecule is O=C(Nc1cccc(CO)c1)c1ccc(N2CCC(O)CC2)cc1. The van der Waals surface area contributed by atoms with Gasteiger partial charge < -0.3 is 20.4 Å². The fraction of sp³-hybridized carbons (Fsp3) is 0.316. The first-order chi connectivity index (χ1) is 11.7. The van der Waals surface area contributed by atoms with Crippen LogP contribution in [0.15, 0.2) is 48.5 Å². The van der Waals surface area contributed by atoms with Crippen LogP contribution in [0, 0.1) is 0 Å². The molecule has 3 N–H and O–H groups in total. The number of hydrogen-bond donors (Lipinski definition) is 3. The van der Waals surface area contributed by atoms with Gasteiger partial charge in [0.15, 0.2) is 0 Å². The average molecular weight is 326 g/mol. The monoisotopic (exact) mass is 326 g/mol. The summed E-state index contributed by atoms with van der Waals surface area (Å²) in [5, 5.41) is 21.6. The van der Waals surface area contributed by atoms with Crippen molar-refractivity contribution in [2.45, 2.75) is 25.6 Å². The molecule has 0 atom stereocenters. The average Bonchev–Trinajstić information content (AvgIpc) is 2.62. The van der Waals surface area contributed by atoms with E-state index in [0.717, 1.165) is 37.2 Å². The number of nitrogens with one attached hydrogen (secondary N) is 1. The van der Waals surface area contributed by atoms with Gasteiger partial charge in [0.1, 0.15) is 0 Å². The van der Waals surface area contributed by atoms with Gasteiger partial charge >= 0.3 is 0 Å². The lowest BCUT2D eigenvalue weighted by Gasteiger charge is -2.31. The summed E-state index contributed by atoms with van der Waals surface area (Å²) < 4.78 is 0.